The van der Waals surface area contributed by atoms with Gasteiger partial charge in [-0.3, -0.25) is 4.79 Å². The van der Waals surface area contributed by atoms with Gasteiger partial charge in [0.1, 0.15) is 17.0 Å². The van der Waals surface area contributed by atoms with Crippen LogP contribution in [-0.4, -0.2) is 15.9 Å². The Kier molecular flexibility index (Phi) is 3.79. The number of hydrogen-bond acceptors (Lipinski definition) is 5. The first kappa shape index (κ1) is 14.9. The minimum atomic E-state index is -0.314. The van der Waals surface area contributed by atoms with Crippen LogP contribution in [0.1, 0.15) is 5.56 Å². The third kappa shape index (κ3) is 2.68. The molecule has 0 spiro atoms. The van der Waals surface area contributed by atoms with Crippen LogP contribution in [0.2, 0.25) is 0 Å². The SMILES string of the molecule is O=c1c2c(-c3cccs3)csc2ncn1/N=C\c1ccc(F)cc1. The Hall–Kier alpha value is -2.64. The van der Waals surface area contributed by atoms with E-state index in [4.69, 9.17) is 0 Å². The second-order valence-electron chi connectivity index (χ2n) is 5.00. The fourth-order valence-corrected chi connectivity index (χ4v) is 4.02. The molecule has 7 heteroatoms. The van der Waals surface area contributed by atoms with Crippen LogP contribution in [0.5, 0.6) is 0 Å². The molecule has 0 amide bonds. The second-order valence-corrected chi connectivity index (χ2v) is 6.80. The standard InChI is InChI=1S/C17H10FN3OS2/c18-12-5-3-11(4-6-12)8-20-21-10-19-16-15(17(21)22)13(9-24-16)14-2-1-7-23-14/h1-10H/b20-8-. The average Bonchev–Trinajstić information content (AvgIpc) is 3.25. The van der Waals surface area contributed by atoms with Gasteiger partial charge in [0.25, 0.3) is 5.56 Å². The van der Waals surface area contributed by atoms with Gasteiger partial charge < -0.3 is 0 Å². The van der Waals surface area contributed by atoms with Crippen LogP contribution >= 0.6 is 22.7 Å². The van der Waals surface area contributed by atoms with Gasteiger partial charge in [0, 0.05) is 15.8 Å². The number of halogens is 1. The molecule has 0 aliphatic heterocycles. The quantitative estimate of drug-likeness (QED) is 0.517. The second kappa shape index (κ2) is 6.10. The Labute approximate surface area is 144 Å². The number of benzene rings is 1. The minimum absolute atomic E-state index is 0.219. The maximum absolute atomic E-state index is 12.9. The first-order chi connectivity index (χ1) is 11.7. The highest BCUT2D eigenvalue weighted by atomic mass is 32.1. The average molecular weight is 355 g/mol. The van der Waals surface area contributed by atoms with E-state index < -0.39 is 0 Å². The van der Waals surface area contributed by atoms with E-state index in [-0.39, 0.29) is 11.4 Å². The lowest BCUT2D eigenvalue weighted by Gasteiger charge is -1.99. The molecular weight excluding hydrogens is 345 g/mol. The van der Waals surface area contributed by atoms with Crippen molar-refractivity contribution in [3.05, 3.63) is 75.2 Å². The van der Waals surface area contributed by atoms with Crippen molar-refractivity contribution >= 4 is 39.1 Å². The molecule has 0 unspecified atom stereocenters. The number of aromatic nitrogens is 2. The van der Waals surface area contributed by atoms with E-state index in [0.717, 1.165) is 10.4 Å². The van der Waals surface area contributed by atoms with Gasteiger partial charge in [-0.05, 0) is 29.1 Å². The molecule has 4 rings (SSSR count). The number of hydrogen-bond donors (Lipinski definition) is 0. The van der Waals surface area contributed by atoms with Crippen LogP contribution in [0.4, 0.5) is 4.39 Å². The largest absolute Gasteiger partial charge is 0.283 e. The Morgan fingerprint density at radius 1 is 1.17 bits per heavy atom. The molecule has 118 valence electrons. The maximum atomic E-state index is 12.9. The zero-order valence-electron chi connectivity index (χ0n) is 12.2. The van der Waals surface area contributed by atoms with Crippen molar-refractivity contribution < 1.29 is 4.39 Å². The van der Waals surface area contributed by atoms with E-state index in [1.807, 2.05) is 22.9 Å². The summed E-state index contributed by atoms with van der Waals surface area (Å²) in [6.45, 7) is 0. The molecule has 0 aliphatic rings. The van der Waals surface area contributed by atoms with Crippen LogP contribution < -0.4 is 5.56 Å². The van der Waals surface area contributed by atoms with Crippen molar-refractivity contribution in [3.63, 3.8) is 0 Å². The zero-order valence-corrected chi connectivity index (χ0v) is 13.9. The van der Waals surface area contributed by atoms with Crippen molar-refractivity contribution in [2.45, 2.75) is 0 Å². The predicted molar refractivity (Wildman–Crippen MR) is 96.6 cm³/mol. The summed E-state index contributed by atoms with van der Waals surface area (Å²) in [5, 5.41) is 8.65. The van der Waals surface area contributed by atoms with Crippen molar-refractivity contribution in [2.75, 3.05) is 0 Å². The van der Waals surface area contributed by atoms with Crippen molar-refractivity contribution in [2.24, 2.45) is 5.10 Å². The lowest BCUT2D eigenvalue weighted by molar-refractivity contribution is 0.628. The molecule has 0 bridgehead atoms. The monoisotopic (exact) mass is 355 g/mol. The molecule has 3 heterocycles. The zero-order chi connectivity index (χ0) is 16.5. The summed E-state index contributed by atoms with van der Waals surface area (Å²) >= 11 is 3.02. The number of thiophene rings is 2. The Balaban J connectivity index is 1.79. The molecule has 4 nitrogen and oxygen atoms in total. The van der Waals surface area contributed by atoms with Crippen LogP contribution in [0, 0.1) is 5.82 Å². The molecule has 0 fully saturated rings. The smallest absolute Gasteiger partial charge is 0.267 e. The van der Waals surface area contributed by atoms with Gasteiger partial charge in [-0.15, -0.1) is 22.7 Å². The summed E-state index contributed by atoms with van der Waals surface area (Å²) in [7, 11) is 0. The van der Waals surface area contributed by atoms with Gasteiger partial charge >= 0.3 is 0 Å². The van der Waals surface area contributed by atoms with E-state index in [9.17, 15) is 9.18 Å². The van der Waals surface area contributed by atoms with Gasteiger partial charge in [-0.2, -0.15) is 9.78 Å². The third-order valence-electron chi connectivity index (χ3n) is 3.47. The fraction of sp³-hybridized carbons (Fsp3) is 0. The van der Waals surface area contributed by atoms with E-state index >= 15 is 0 Å². The molecule has 0 saturated heterocycles. The van der Waals surface area contributed by atoms with Gasteiger partial charge in [0.2, 0.25) is 0 Å². The minimum Gasteiger partial charge on any atom is -0.267 e. The van der Waals surface area contributed by atoms with E-state index in [1.54, 1.807) is 23.5 Å². The Bertz CT molecular complexity index is 1080. The first-order valence-electron chi connectivity index (χ1n) is 7.05. The van der Waals surface area contributed by atoms with E-state index in [0.29, 0.717) is 15.8 Å². The number of rotatable bonds is 3. The molecule has 0 atom stereocenters. The summed E-state index contributed by atoms with van der Waals surface area (Å²) in [6, 6.07) is 9.81. The molecule has 4 aromatic rings. The van der Waals surface area contributed by atoms with E-state index in [2.05, 4.69) is 10.1 Å². The fourth-order valence-electron chi connectivity index (χ4n) is 2.30. The molecular formula is C17H10FN3OS2. The van der Waals surface area contributed by atoms with Gasteiger partial charge in [-0.25, -0.2) is 9.37 Å². The molecule has 0 aliphatic carbocycles. The summed E-state index contributed by atoms with van der Waals surface area (Å²) in [5.41, 5.74) is 1.36. The highest BCUT2D eigenvalue weighted by molar-refractivity contribution is 7.18. The molecule has 0 N–H and O–H groups in total. The topological polar surface area (TPSA) is 47.2 Å². The molecule has 0 radical (unpaired) electrons. The summed E-state index contributed by atoms with van der Waals surface area (Å²) in [4.78, 5) is 18.8. The van der Waals surface area contributed by atoms with E-state index in [1.165, 1.54) is 40.7 Å². The molecule has 24 heavy (non-hydrogen) atoms. The van der Waals surface area contributed by atoms with Crippen LogP contribution in [-0.2, 0) is 0 Å². The van der Waals surface area contributed by atoms with Crippen LogP contribution in [0.3, 0.4) is 0 Å². The van der Waals surface area contributed by atoms with Crippen molar-refractivity contribution in [3.8, 4) is 10.4 Å². The van der Waals surface area contributed by atoms with Crippen LogP contribution in [0.15, 0.2) is 63.4 Å². The van der Waals surface area contributed by atoms with Crippen LogP contribution in [0.25, 0.3) is 20.7 Å². The Morgan fingerprint density at radius 3 is 2.75 bits per heavy atom. The first-order valence-corrected chi connectivity index (χ1v) is 8.81. The molecule has 3 aromatic heterocycles. The lowest BCUT2D eigenvalue weighted by atomic mass is 10.2. The lowest BCUT2D eigenvalue weighted by Crippen LogP contribution is -2.16. The van der Waals surface area contributed by atoms with Crippen molar-refractivity contribution in [1.29, 1.82) is 0 Å². The normalized spacial score (nSPS) is 11.5. The highest BCUT2D eigenvalue weighted by Crippen LogP contribution is 2.33. The summed E-state index contributed by atoms with van der Waals surface area (Å²) in [5.74, 6) is -0.314. The summed E-state index contributed by atoms with van der Waals surface area (Å²) < 4.78 is 14.1. The van der Waals surface area contributed by atoms with Gasteiger partial charge in [0.05, 0.1) is 11.6 Å². The number of fused-ring (bicyclic) bond motifs is 1. The van der Waals surface area contributed by atoms with Gasteiger partial charge in [-0.1, -0.05) is 18.2 Å². The Morgan fingerprint density at radius 2 is 2.00 bits per heavy atom. The molecule has 0 saturated carbocycles. The maximum Gasteiger partial charge on any atom is 0.283 e. The predicted octanol–water partition coefficient (Wildman–Crippen LogP) is 4.21. The molecule has 1 aromatic carbocycles. The highest BCUT2D eigenvalue weighted by Gasteiger charge is 2.13. The van der Waals surface area contributed by atoms with Gasteiger partial charge in [0.15, 0.2) is 0 Å². The number of nitrogens with zero attached hydrogens (tertiary/aromatic N) is 3. The third-order valence-corrected chi connectivity index (χ3v) is 5.26. The summed E-state index contributed by atoms with van der Waals surface area (Å²) in [6.07, 6.45) is 2.91. The van der Waals surface area contributed by atoms with Crippen molar-refractivity contribution in [1.82, 2.24) is 9.66 Å².